The standard InChI is InChI=1S/C6H15NO3S/c1-4-6(8)5-7(2)11(3,9)10/h6,8H,4-5H2,1-3H3. The van der Waals surface area contributed by atoms with E-state index in [9.17, 15) is 8.42 Å². The number of aliphatic hydroxyl groups is 1. The Kier molecular flexibility index (Phi) is 3.99. The molecule has 0 rings (SSSR count). The van der Waals surface area contributed by atoms with Gasteiger partial charge in [-0.15, -0.1) is 0 Å². The zero-order chi connectivity index (χ0) is 9.07. The van der Waals surface area contributed by atoms with Crippen LogP contribution in [-0.2, 0) is 10.0 Å². The Bertz CT molecular complexity index is 200. The summed E-state index contributed by atoms with van der Waals surface area (Å²) in [5.41, 5.74) is 0. The van der Waals surface area contributed by atoms with E-state index in [0.717, 1.165) is 10.6 Å². The predicted octanol–water partition coefficient (Wildman–Crippen LogP) is -0.351. The van der Waals surface area contributed by atoms with Gasteiger partial charge in [-0.1, -0.05) is 6.92 Å². The molecule has 0 aliphatic carbocycles. The number of hydrogen-bond donors (Lipinski definition) is 1. The Morgan fingerprint density at radius 3 is 2.27 bits per heavy atom. The molecular formula is C6H15NO3S. The first-order valence-corrected chi connectivity index (χ1v) is 5.32. The zero-order valence-corrected chi connectivity index (χ0v) is 7.93. The number of rotatable bonds is 4. The van der Waals surface area contributed by atoms with E-state index in [1.165, 1.54) is 7.05 Å². The van der Waals surface area contributed by atoms with E-state index in [1.54, 1.807) is 6.92 Å². The van der Waals surface area contributed by atoms with Crippen LogP contribution in [0.5, 0.6) is 0 Å². The minimum atomic E-state index is -3.13. The third-order valence-corrected chi connectivity index (χ3v) is 2.79. The van der Waals surface area contributed by atoms with Crippen molar-refractivity contribution in [2.75, 3.05) is 19.8 Å². The van der Waals surface area contributed by atoms with Crippen LogP contribution in [-0.4, -0.2) is 43.8 Å². The third kappa shape index (κ3) is 4.34. The average molecular weight is 181 g/mol. The summed E-state index contributed by atoms with van der Waals surface area (Å²) < 4.78 is 22.7. The minimum absolute atomic E-state index is 0.176. The maximum absolute atomic E-state index is 10.8. The Labute approximate surface area is 67.9 Å². The van der Waals surface area contributed by atoms with Gasteiger partial charge in [0.05, 0.1) is 12.4 Å². The highest BCUT2D eigenvalue weighted by Gasteiger charge is 2.13. The second-order valence-electron chi connectivity index (χ2n) is 2.61. The van der Waals surface area contributed by atoms with Crippen LogP contribution in [0.4, 0.5) is 0 Å². The van der Waals surface area contributed by atoms with Crippen LogP contribution in [0.2, 0.25) is 0 Å². The summed E-state index contributed by atoms with van der Waals surface area (Å²) in [4.78, 5) is 0. The van der Waals surface area contributed by atoms with Crippen molar-refractivity contribution >= 4 is 10.0 Å². The molecule has 1 N–H and O–H groups in total. The molecule has 11 heavy (non-hydrogen) atoms. The van der Waals surface area contributed by atoms with Crippen LogP contribution in [0, 0.1) is 0 Å². The Hall–Kier alpha value is -0.130. The monoisotopic (exact) mass is 181 g/mol. The number of nitrogens with zero attached hydrogens (tertiary/aromatic N) is 1. The van der Waals surface area contributed by atoms with E-state index in [-0.39, 0.29) is 6.54 Å². The van der Waals surface area contributed by atoms with Crippen molar-refractivity contribution < 1.29 is 13.5 Å². The Morgan fingerprint density at radius 2 is 2.00 bits per heavy atom. The Morgan fingerprint density at radius 1 is 1.55 bits per heavy atom. The molecule has 0 aliphatic rings. The molecule has 0 saturated heterocycles. The van der Waals surface area contributed by atoms with E-state index < -0.39 is 16.1 Å². The van der Waals surface area contributed by atoms with E-state index in [2.05, 4.69) is 0 Å². The van der Waals surface area contributed by atoms with Crippen molar-refractivity contribution in [3.05, 3.63) is 0 Å². The van der Waals surface area contributed by atoms with Crippen molar-refractivity contribution in [2.45, 2.75) is 19.4 Å². The van der Waals surface area contributed by atoms with Crippen molar-refractivity contribution in [1.29, 1.82) is 0 Å². The normalized spacial score (nSPS) is 15.4. The minimum Gasteiger partial charge on any atom is -0.392 e. The van der Waals surface area contributed by atoms with Crippen LogP contribution < -0.4 is 0 Å². The maximum Gasteiger partial charge on any atom is 0.211 e. The fourth-order valence-corrected chi connectivity index (χ4v) is 1.00. The highest BCUT2D eigenvalue weighted by atomic mass is 32.2. The molecule has 0 aromatic carbocycles. The summed E-state index contributed by atoms with van der Waals surface area (Å²) in [6.07, 6.45) is 1.13. The van der Waals surface area contributed by atoms with Crippen LogP contribution in [0.25, 0.3) is 0 Å². The predicted molar refractivity (Wildman–Crippen MR) is 43.8 cm³/mol. The van der Waals surface area contributed by atoms with Crippen molar-refractivity contribution in [2.24, 2.45) is 0 Å². The van der Waals surface area contributed by atoms with Gasteiger partial charge >= 0.3 is 0 Å². The van der Waals surface area contributed by atoms with Gasteiger partial charge in [-0.2, -0.15) is 0 Å². The molecular weight excluding hydrogens is 166 g/mol. The molecule has 4 nitrogen and oxygen atoms in total. The molecule has 0 bridgehead atoms. The van der Waals surface area contributed by atoms with E-state index in [0.29, 0.717) is 6.42 Å². The first-order valence-electron chi connectivity index (χ1n) is 3.47. The van der Waals surface area contributed by atoms with Crippen molar-refractivity contribution in [1.82, 2.24) is 4.31 Å². The van der Waals surface area contributed by atoms with Gasteiger partial charge in [0.2, 0.25) is 10.0 Å². The highest BCUT2D eigenvalue weighted by Crippen LogP contribution is 1.97. The molecule has 0 saturated carbocycles. The van der Waals surface area contributed by atoms with Gasteiger partial charge in [-0.25, -0.2) is 12.7 Å². The third-order valence-electron chi connectivity index (χ3n) is 1.51. The van der Waals surface area contributed by atoms with Gasteiger partial charge in [-0.05, 0) is 6.42 Å². The number of sulfonamides is 1. The van der Waals surface area contributed by atoms with Crippen LogP contribution in [0.15, 0.2) is 0 Å². The van der Waals surface area contributed by atoms with Crippen molar-refractivity contribution in [3.8, 4) is 0 Å². The number of hydrogen-bond acceptors (Lipinski definition) is 3. The SMILES string of the molecule is CCC(O)CN(C)S(C)(=O)=O. The fourth-order valence-electron chi connectivity index (χ4n) is 0.561. The second-order valence-corrected chi connectivity index (χ2v) is 4.69. The van der Waals surface area contributed by atoms with Gasteiger partial charge in [0.1, 0.15) is 0 Å². The van der Waals surface area contributed by atoms with Crippen LogP contribution >= 0.6 is 0 Å². The van der Waals surface area contributed by atoms with Gasteiger partial charge < -0.3 is 5.11 Å². The molecule has 1 unspecified atom stereocenters. The lowest BCUT2D eigenvalue weighted by molar-refractivity contribution is 0.149. The summed E-state index contributed by atoms with van der Waals surface area (Å²) >= 11 is 0. The van der Waals surface area contributed by atoms with Crippen molar-refractivity contribution in [3.63, 3.8) is 0 Å². The molecule has 68 valence electrons. The van der Waals surface area contributed by atoms with Gasteiger partial charge in [0.25, 0.3) is 0 Å². The highest BCUT2D eigenvalue weighted by molar-refractivity contribution is 7.88. The molecule has 5 heteroatoms. The van der Waals surface area contributed by atoms with Gasteiger partial charge in [-0.3, -0.25) is 0 Å². The number of likely N-dealkylation sites (N-methyl/N-ethyl adjacent to an activating group) is 1. The lowest BCUT2D eigenvalue weighted by Crippen LogP contribution is -2.33. The molecule has 0 aromatic rings. The van der Waals surface area contributed by atoms with E-state index in [1.807, 2.05) is 0 Å². The van der Waals surface area contributed by atoms with Crippen LogP contribution in [0.3, 0.4) is 0 Å². The average Bonchev–Trinajstić information content (AvgIpc) is 1.85. The molecule has 1 atom stereocenters. The van der Waals surface area contributed by atoms with Gasteiger partial charge in [0, 0.05) is 13.6 Å². The molecule has 0 aliphatic heterocycles. The molecule has 0 spiro atoms. The largest absolute Gasteiger partial charge is 0.392 e. The summed E-state index contributed by atoms with van der Waals surface area (Å²) in [6.45, 7) is 1.98. The quantitative estimate of drug-likeness (QED) is 0.645. The summed E-state index contributed by atoms with van der Waals surface area (Å²) in [6, 6.07) is 0. The molecule has 0 radical (unpaired) electrons. The molecule has 0 amide bonds. The van der Waals surface area contributed by atoms with Crippen LogP contribution in [0.1, 0.15) is 13.3 Å². The fraction of sp³-hybridized carbons (Fsp3) is 1.00. The zero-order valence-electron chi connectivity index (χ0n) is 7.11. The summed E-state index contributed by atoms with van der Waals surface area (Å²) in [5.74, 6) is 0. The smallest absolute Gasteiger partial charge is 0.211 e. The lowest BCUT2D eigenvalue weighted by Gasteiger charge is -2.16. The number of aliphatic hydroxyl groups excluding tert-OH is 1. The summed E-state index contributed by atoms with van der Waals surface area (Å²) in [5, 5.41) is 9.09. The topological polar surface area (TPSA) is 57.6 Å². The van der Waals surface area contributed by atoms with E-state index >= 15 is 0 Å². The van der Waals surface area contributed by atoms with E-state index in [4.69, 9.17) is 5.11 Å². The summed E-state index contributed by atoms with van der Waals surface area (Å²) in [7, 11) is -1.68. The molecule has 0 heterocycles. The second kappa shape index (κ2) is 4.04. The maximum atomic E-state index is 10.8. The first-order chi connectivity index (χ1) is 4.88. The lowest BCUT2D eigenvalue weighted by atomic mass is 10.3. The molecule has 0 aromatic heterocycles. The first kappa shape index (κ1) is 10.9. The van der Waals surface area contributed by atoms with Gasteiger partial charge in [0.15, 0.2) is 0 Å². The molecule has 0 fully saturated rings. The Balaban J connectivity index is 3.98.